The summed E-state index contributed by atoms with van der Waals surface area (Å²) in [5.41, 5.74) is 0.962. The van der Waals surface area contributed by atoms with Crippen LogP contribution in [-0.2, 0) is 0 Å². The predicted octanol–water partition coefficient (Wildman–Crippen LogP) is 2.52. The molecule has 15 heavy (non-hydrogen) atoms. The van der Waals surface area contributed by atoms with Crippen molar-refractivity contribution < 1.29 is 5.11 Å². The van der Waals surface area contributed by atoms with Crippen molar-refractivity contribution in [3.05, 3.63) is 36.0 Å². The first kappa shape index (κ1) is 11.9. The standard InChI is InChI=1S/C13H19NO/c1-11-6-3-4-8-14-9-5-7-13(10-11)12(2)15/h3,5-8,10-12,15H,4,9H2,1-2H3/b6-3-,7-5-,13-10+,14-8?. The van der Waals surface area contributed by atoms with Gasteiger partial charge in [-0.1, -0.05) is 37.3 Å². The lowest BCUT2D eigenvalue weighted by atomic mass is 10.0. The van der Waals surface area contributed by atoms with Crippen molar-refractivity contribution in [3.63, 3.8) is 0 Å². The number of hydrogen-bond acceptors (Lipinski definition) is 2. The van der Waals surface area contributed by atoms with Crippen LogP contribution in [0.25, 0.3) is 0 Å². The molecule has 0 aromatic heterocycles. The Morgan fingerprint density at radius 3 is 3.00 bits per heavy atom. The Morgan fingerprint density at radius 2 is 2.27 bits per heavy atom. The van der Waals surface area contributed by atoms with E-state index in [9.17, 15) is 5.11 Å². The highest BCUT2D eigenvalue weighted by Crippen LogP contribution is 2.11. The fourth-order valence-corrected chi connectivity index (χ4v) is 1.45. The molecule has 0 aliphatic carbocycles. The first-order valence-electron chi connectivity index (χ1n) is 5.41. The maximum Gasteiger partial charge on any atom is 0.0758 e. The lowest BCUT2D eigenvalue weighted by Gasteiger charge is -2.07. The van der Waals surface area contributed by atoms with E-state index in [0.717, 1.165) is 12.0 Å². The van der Waals surface area contributed by atoms with Crippen molar-refractivity contribution in [3.8, 4) is 0 Å². The minimum absolute atomic E-state index is 0.353. The van der Waals surface area contributed by atoms with Crippen molar-refractivity contribution >= 4 is 6.21 Å². The summed E-state index contributed by atoms with van der Waals surface area (Å²) in [5, 5.41) is 9.56. The number of aliphatic hydroxyl groups is 1. The monoisotopic (exact) mass is 205 g/mol. The smallest absolute Gasteiger partial charge is 0.0758 e. The van der Waals surface area contributed by atoms with Gasteiger partial charge in [0.05, 0.1) is 12.6 Å². The van der Waals surface area contributed by atoms with Crippen LogP contribution in [0, 0.1) is 5.92 Å². The third kappa shape index (κ3) is 4.75. The quantitative estimate of drug-likeness (QED) is 0.655. The molecule has 0 aromatic carbocycles. The molecule has 1 aliphatic rings. The number of aliphatic imine (C=N–C) groups is 1. The molecule has 82 valence electrons. The van der Waals surface area contributed by atoms with Gasteiger partial charge in [0, 0.05) is 12.6 Å². The van der Waals surface area contributed by atoms with Crippen LogP contribution in [0.15, 0.2) is 40.9 Å². The Bertz CT molecular complexity index is 298. The molecule has 0 amide bonds. The fourth-order valence-electron chi connectivity index (χ4n) is 1.45. The summed E-state index contributed by atoms with van der Waals surface area (Å²) in [4.78, 5) is 4.22. The Kier molecular flexibility index (Phi) is 5.05. The number of allylic oxidation sites excluding steroid dienone is 3. The third-order valence-electron chi connectivity index (χ3n) is 2.27. The molecule has 0 saturated heterocycles. The van der Waals surface area contributed by atoms with Crippen LogP contribution >= 0.6 is 0 Å². The molecular formula is C13H19NO. The van der Waals surface area contributed by atoms with E-state index in [-0.39, 0.29) is 0 Å². The molecule has 1 N–H and O–H groups in total. The molecule has 0 radical (unpaired) electrons. The van der Waals surface area contributed by atoms with Gasteiger partial charge >= 0.3 is 0 Å². The second-order valence-corrected chi connectivity index (χ2v) is 3.82. The van der Waals surface area contributed by atoms with E-state index in [2.05, 4.69) is 30.1 Å². The molecule has 0 bridgehead atoms. The minimum atomic E-state index is -0.415. The van der Waals surface area contributed by atoms with Crippen molar-refractivity contribution in [2.24, 2.45) is 10.9 Å². The number of nitrogens with zero attached hydrogens (tertiary/aromatic N) is 1. The summed E-state index contributed by atoms with van der Waals surface area (Å²) < 4.78 is 0. The molecule has 2 heteroatoms. The van der Waals surface area contributed by atoms with Gasteiger partial charge in [-0.05, 0) is 18.4 Å². The van der Waals surface area contributed by atoms with Gasteiger partial charge in [0.1, 0.15) is 0 Å². The second kappa shape index (κ2) is 6.36. The SMILES string of the molecule is CC1/C=C\CC=NC/C=C\C(C(C)O)=C/1. The molecule has 2 atom stereocenters. The molecular weight excluding hydrogens is 186 g/mol. The first-order chi connectivity index (χ1) is 7.20. The van der Waals surface area contributed by atoms with Crippen LogP contribution in [-0.4, -0.2) is 24.0 Å². The van der Waals surface area contributed by atoms with Gasteiger partial charge < -0.3 is 5.11 Å². The summed E-state index contributed by atoms with van der Waals surface area (Å²) in [6, 6.07) is 0. The van der Waals surface area contributed by atoms with Gasteiger partial charge in [-0.25, -0.2) is 0 Å². The minimum Gasteiger partial charge on any atom is -0.389 e. The molecule has 2 nitrogen and oxygen atoms in total. The van der Waals surface area contributed by atoms with Crippen LogP contribution in [0.1, 0.15) is 20.3 Å². The van der Waals surface area contributed by atoms with Crippen LogP contribution < -0.4 is 0 Å². The largest absolute Gasteiger partial charge is 0.389 e. The molecule has 1 heterocycles. The summed E-state index contributed by atoms with van der Waals surface area (Å²) in [7, 11) is 0. The average molecular weight is 205 g/mol. The predicted molar refractivity (Wildman–Crippen MR) is 65.2 cm³/mol. The van der Waals surface area contributed by atoms with E-state index in [1.54, 1.807) is 6.92 Å². The molecule has 1 rings (SSSR count). The number of aliphatic hydroxyl groups excluding tert-OH is 1. The average Bonchev–Trinajstić information content (AvgIpc) is 2.23. The van der Waals surface area contributed by atoms with Crippen LogP contribution in [0.4, 0.5) is 0 Å². The Morgan fingerprint density at radius 1 is 1.47 bits per heavy atom. The Labute approximate surface area is 91.7 Å². The van der Waals surface area contributed by atoms with Gasteiger partial charge in [-0.2, -0.15) is 0 Å². The first-order valence-corrected chi connectivity index (χ1v) is 5.41. The van der Waals surface area contributed by atoms with Crippen molar-refractivity contribution in [1.82, 2.24) is 0 Å². The van der Waals surface area contributed by atoms with Gasteiger partial charge in [0.25, 0.3) is 0 Å². The van der Waals surface area contributed by atoms with Gasteiger partial charge in [-0.3, -0.25) is 4.99 Å². The summed E-state index contributed by atoms with van der Waals surface area (Å²) in [5.74, 6) is 0.353. The maximum absolute atomic E-state index is 9.56. The lowest BCUT2D eigenvalue weighted by molar-refractivity contribution is 0.234. The van der Waals surface area contributed by atoms with Gasteiger partial charge in [-0.15, -0.1) is 0 Å². The molecule has 0 spiro atoms. The van der Waals surface area contributed by atoms with Crippen molar-refractivity contribution in [1.29, 1.82) is 0 Å². The summed E-state index contributed by atoms with van der Waals surface area (Å²) >= 11 is 0. The van der Waals surface area contributed by atoms with E-state index in [0.29, 0.717) is 12.5 Å². The maximum atomic E-state index is 9.56. The fraction of sp³-hybridized carbons (Fsp3) is 0.462. The molecule has 0 fully saturated rings. The molecule has 2 unspecified atom stereocenters. The number of hydrogen-bond donors (Lipinski definition) is 1. The van der Waals surface area contributed by atoms with Gasteiger partial charge in [0.2, 0.25) is 0 Å². The van der Waals surface area contributed by atoms with E-state index < -0.39 is 6.10 Å². The third-order valence-corrected chi connectivity index (χ3v) is 2.27. The zero-order valence-corrected chi connectivity index (χ0v) is 9.43. The van der Waals surface area contributed by atoms with Crippen LogP contribution in [0.5, 0.6) is 0 Å². The highest BCUT2D eigenvalue weighted by atomic mass is 16.3. The van der Waals surface area contributed by atoms with E-state index in [4.69, 9.17) is 0 Å². The topological polar surface area (TPSA) is 32.6 Å². The summed E-state index contributed by atoms with van der Waals surface area (Å²) in [6.45, 7) is 4.59. The number of rotatable bonds is 1. The Hall–Kier alpha value is -1.15. The second-order valence-electron chi connectivity index (χ2n) is 3.82. The van der Waals surface area contributed by atoms with Crippen molar-refractivity contribution in [2.75, 3.05) is 6.54 Å². The Balaban J connectivity index is 2.85. The van der Waals surface area contributed by atoms with Crippen molar-refractivity contribution in [2.45, 2.75) is 26.4 Å². The highest BCUT2D eigenvalue weighted by Gasteiger charge is 2.02. The zero-order chi connectivity index (χ0) is 11.1. The summed E-state index contributed by atoms with van der Waals surface area (Å²) in [6.07, 6.45) is 12.6. The van der Waals surface area contributed by atoms with Crippen LogP contribution in [0.2, 0.25) is 0 Å². The van der Waals surface area contributed by atoms with E-state index >= 15 is 0 Å². The van der Waals surface area contributed by atoms with Crippen LogP contribution in [0.3, 0.4) is 0 Å². The molecule has 0 saturated carbocycles. The lowest BCUT2D eigenvalue weighted by Crippen LogP contribution is -2.04. The molecule has 1 aliphatic heterocycles. The van der Waals surface area contributed by atoms with E-state index in [1.807, 2.05) is 18.4 Å². The normalized spacial score (nSPS) is 32.2. The van der Waals surface area contributed by atoms with E-state index in [1.165, 1.54) is 0 Å². The highest BCUT2D eigenvalue weighted by molar-refractivity contribution is 5.59. The molecule has 0 aromatic rings. The van der Waals surface area contributed by atoms with Gasteiger partial charge in [0.15, 0.2) is 0 Å². The zero-order valence-electron chi connectivity index (χ0n) is 9.43.